The van der Waals surface area contributed by atoms with E-state index in [4.69, 9.17) is 4.74 Å². The highest BCUT2D eigenvalue weighted by Gasteiger charge is 2.32. The maximum atomic E-state index is 12.1. The van der Waals surface area contributed by atoms with Crippen molar-refractivity contribution in [3.8, 4) is 5.75 Å². The number of methoxy groups -OCH3 is 1. The molecule has 1 aliphatic heterocycles. The Balaban J connectivity index is 1.61. The fraction of sp³-hybridized carbons (Fsp3) is 0.429. The summed E-state index contributed by atoms with van der Waals surface area (Å²) in [6.07, 6.45) is 2.54. The number of ether oxygens (including phenoxy) is 1. The minimum absolute atomic E-state index is 0.00722. The van der Waals surface area contributed by atoms with Gasteiger partial charge in [0.1, 0.15) is 5.75 Å². The zero-order valence-electron chi connectivity index (χ0n) is 17.0. The molecular weight excluding hydrogens is 388 g/mol. The lowest BCUT2D eigenvalue weighted by Crippen LogP contribution is -2.35. The van der Waals surface area contributed by atoms with Gasteiger partial charge in [0, 0.05) is 37.8 Å². The number of rotatable bonds is 6. The van der Waals surface area contributed by atoms with E-state index in [9.17, 15) is 8.42 Å². The Morgan fingerprint density at radius 1 is 1.21 bits per heavy atom. The van der Waals surface area contributed by atoms with Crippen molar-refractivity contribution in [2.24, 2.45) is 7.05 Å². The normalized spacial score (nSPS) is 18.6. The van der Waals surface area contributed by atoms with Gasteiger partial charge >= 0.3 is 0 Å². The highest BCUT2D eigenvalue weighted by atomic mass is 32.2. The van der Waals surface area contributed by atoms with Gasteiger partial charge in [0.15, 0.2) is 15.5 Å². The summed E-state index contributed by atoms with van der Waals surface area (Å²) >= 11 is 0. The number of aryl methyl sites for hydroxylation is 2. The number of aromatic nitrogens is 3. The van der Waals surface area contributed by atoms with E-state index in [2.05, 4.69) is 21.0 Å². The van der Waals surface area contributed by atoms with Crippen LogP contribution >= 0.6 is 0 Å². The molecule has 3 aromatic rings. The van der Waals surface area contributed by atoms with Crippen molar-refractivity contribution in [1.29, 1.82) is 0 Å². The Bertz CT molecular complexity index is 1120. The Morgan fingerprint density at radius 3 is 2.59 bits per heavy atom. The third kappa shape index (κ3) is 4.28. The van der Waals surface area contributed by atoms with E-state index in [-0.39, 0.29) is 17.5 Å². The first kappa shape index (κ1) is 19.8. The molecule has 3 heterocycles. The van der Waals surface area contributed by atoms with Crippen molar-refractivity contribution in [2.75, 3.05) is 18.6 Å². The summed E-state index contributed by atoms with van der Waals surface area (Å²) in [4.78, 5) is 6.83. The largest absolute Gasteiger partial charge is 0.497 e. The SMILES string of the molecule is COc1ccc(CN(Cc2cnc3c(c2)c(C)nn3C)C2CCS(=O)(=O)C2)cc1. The smallest absolute Gasteiger partial charge is 0.157 e. The van der Waals surface area contributed by atoms with Gasteiger partial charge in [-0.25, -0.2) is 13.4 Å². The van der Waals surface area contributed by atoms with Crippen molar-refractivity contribution in [3.05, 3.63) is 53.3 Å². The molecule has 1 unspecified atom stereocenters. The van der Waals surface area contributed by atoms with Crippen molar-refractivity contribution in [3.63, 3.8) is 0 Å². The van der Waals surface area contributed by atoms with Gasteiger partial charge in [-0.15, -0.1) is 0 Å². The van der Waals surface area contributed by atoms with Crippen LogP contribution in [0, 0.1) is 6.92 Å². The van der Waals surface area contributed by atoms with Gasteiger partial charge in [0.25, 0.3) is 0 Å². The molecule has 1 aliphatic rings. The van der Waals surface area contributed by atoms with Crippen LogP contribution in [0.1, 0.15) is 23.2 Å². The fourth-order valence-corrected chi connectivity index (χ4v) is 5.78. The minimum Gasteiger partial charge on any atom is -0.497 e. The van der Waals surface area contributed by atoms with E-state index in [1.54, 1.807) is 11.8 Å². The molecule has 0 radical (unpaired) electrons. The van der Waals surface area contributed by atoms with Gasteiger partial charge in [0.05, 0.1) is 24.3 Å². The molecule has 4 rings (SSSR count). The number of hydrogen-bond acceptors (Lipinski definition) is 6. The average molecular weight is 415 g/mol. The molecule has 1 saturated heterocycles. The zero-order chi connectivity index (χ0) is 20.6. The lowest BCUT2D eigenvalue weighted by atomic mass is 10.1. The molecule has 2 aromatic heterocycles. The number of nitrogens with zero attached hydrogens (tertiary/aromatic N) is 4. The monoisotopic (exact) mass is 414 g/mol. The Labute approximate surface area is 171 Å². The summed E-state index contributed by atoms with van der Waals surface area (Å²) in [5, 5.41) is 5.48. The van der Waals surface area contributed by atoms with Crippen LogP contribution in [-0.4, -0.2) is 52.7 Å². The van der Waals surface area contributed by atoms with Gasteiger partial charge in [-0.05, 0) is 42.7 Å². The standard InChI is InChI=1S/C21H26N4O3S/c1-15-20-10-17(11-22-21(20)24(2)23-15)13-25(18-8-9-29(26,27)14-18)12-16-4-6-19(28-3)7-5-16/h4-7,10-11,18H,8-9,12-14H2,1-3H3. The highest BCUT2D eigenvalue weighted by molar-refractivity contribution is 7.91. The second-order valence-corrected chi connectivity index (χ2v) is 9.96. The summed E-state index contributed by atoms with van der Waals surface area (Å²) in [6.45, 7) is 3.30. The molecular formula is C21H26N4O3S. The molecule has 154 valence electrons. The predicted molar refractivity (Wildman–Crippen MR) is 113 cm³/mol. The third-order valence-electron chi connectivity index (χ3n) is 5.57. The summed E-state index contributed by atoms with van der Waals surface area (Å²) in [7, 11) is 0.573. The molecule has 0 aliphatic carbocycles. The van der Waals surface area contributed by atoms with Crippen LogP contribution in [-0.2, 0) is 30.0 Å². The number of pyridine rings is 1. The summed E-state index contributed by atoms with van der Waals surface area (Å²) in [6, 6.07) is 10.1. The molecule has 0 spiro atoms. The number of sulfone groups is 1. The number of benzene rings is 1. The van der Waals surface area contributed by atoms with Crippen molar-refractivity contribution >= 4 is 20.9 Å². The lowest BCUT2D eigenvalue weighted by Gasteiger charge is -2.28. The van der Waals surface area contributed by atoms with Crippen LogP contribution < -0.4 is 4.74 Å². The van der Waals surface area contributed by atoms with Gasteiger partial charge in [-0.1, -0.05) is 12.1 Å². The topological polar surface area (TPSA) is 77.3 Å². The highest BCUT2D eigenvalue weighted by Crippen LogP contribution is 2.24. The fourth-order valence-electron chi connectivity index (χ4n) is 4.02. The Kier molecular flexibility index (Phi) is 5.31. The Hall–Kier alpha value is -2.45. The van der Waals surface area contributed by atoms with Gasteiger partial charge < -0.3 is 4.74 Å². The molecule has 0 bridgehead atoms. The summed E-state index contributed by atoms with van der Waals surface area (Å²) in [5.41, 5.74) is 3.99. The van der Waals surface area contributed by atoms with Crippen molar-refractivity contribution in [2.45, 2.75) is 32.5 Å². The van der Waals surface area contributed by atoms with Crippen LogP contribution in [0.4, 0.5) is 0 Å². The van der Waals surface area contributed by atoms with Gasteiger partial charge in [-0.3, -0.25) is 9.58 Å². The van der Waals surface area contributed by atoms with Crippen LogP contribution in [0.25, 0.3) is 11.0 Å². The molecule has 7 nitrogen and oxygen atoms in total. The van der Waals surface area contributed by atoms with E-state index < -0.39 is 9.84 Å². The van der Waals surface area contributed by atoms with E-state index in [0.717, 1.165) is 33.6 Å². The van der Waals surface area contributed by atoms with Crippen LogP contribution in [0.15, 0.2) is 36.5 Å². The molecule has 1 aromatic carbocycles. The van der Waals surface area contributed by atoms with Crippen molar-refractivity contribution in [1.82, 2.24) is 19.7 Å². The van der Waals surface area contributed by atoms with E-state index in [1.807, 2.05) is 44.4 Å². The molecule has 1 atom stereocenters. The van der Waals surface area contributed by atoms with Crippen molar-refractivity contribution < 1.29 is 13.2 Å². The average Bonchev–Trinajstić information content (AvgIpc) is 3.20. The minimum atomic E-state index is -2.96. The first-order valence-corrected chi connectivity index (χ1v) is 11.5. The zero-order valence-corrected chi connectivity index (χ0v) is 17.8. The molecule has 0 saturated carbocycles. The quantitative estimate of drug-likeness (QED) is 0.617. The number of fused-ring (bicyclic) bond motifs is 1. The molecule has 0 amide bonds. The number of hydrogen-bond donors (Lipinski definition) is 0. The van der Waals surface area contributed by atoms with Gasteiger partial charge in [-0.2, -0.15) is 5.10 Å². The second-order valence-electron chi connectivity index (χ2n) is 7.73. The molecule has 0 N–H and O–H groups in total. The Morgan fingerprint density at radius 2 is 1.93 bits per heavy atom. The van der Waals surface area contributed by atoms with E-state index in [0.29, 0.717) is 19.5 Å². The van der Waals surface area contributed by atoms with Crippen LogP contribution in [0.5, 0.6) is 5.75 Å². The van der Waals surface area contributed by atoms with E-state index >= 15 is 0 Å². The maximum absolute atomic E-state index is 12.1. The third-order valence-corrected chi connectivity index (χ3v) is 7.33. The second kappa shape index (κ2) is 7.76. The molecule has 29 heavy (non-hydrogen) atoms. The summed E-state index contributed by atoms with van der Waals surface area (Å²) in [5.74, 6) is 1.28. The predicted octanol–water partition coefficient (Wildman–Crippen LogP) is 2.47. The van der Waals surface area contributed by atoms with Crippen LogP contribution in [0.3, 0.4) is 0 Å². The molecule has 1 fully saturated rings. The molecule has 8 heteroatoms. The van der Waals surface area contributed by atoms with Crippen LogP contribution in [0.2, 0.25) is 0 Å². The first-order valence-electron chi connectivity index (χ1n) is 9.70. The summed E-state index contributed by atoms with van der Waals surface area (Å²) < 4.78 is 31.2. The first-order chi connectivity index (χ1) is 13.8. The lowest BCUT2D eigenvalue weighted by molar-refractivity contribution is 0.194. The van der Waals surface area contributed by atoms with Gasteiger partial charge in [0.2, 0.25) is 0 Å². The van der Waals surface area contributed by atoms with E-state index in [1.165, 1.54) is 0 Å². The maximum Gasteiger partial charge on any atom is 0.157 e.